The highest BCUT2D eigenvalue weighted by atomic mass is 19.4. The molecule has 0 aliphatic heterocycles. The van der Waals surface area contributed by atoms with Crippen molar-refractivity contribution in [1.29, 1.82) is 0 Å². The normalized spacial score (nSPS) is 17.6. The van der Waals surface area contributed by atoms with Crippen LogP contribution in [0.3, 0.4) is 0 Å². The summed E-state index contributed by atoms with van der Waals surface area (Å²) in [6.07, 6.45) is -14.5. The van der Waals surface area contributed by atoms with Crippen molar-refractivity contribution in [2.24, 2.45) is 0 Å². The molecule has 84 valence electrons. The molecule has 0 aromatic heterocycles. The second-order valence-electron chi connectivity index (χ2n) is 2.14. The molecule has 0 fully saturated rings. The molecule has 0 heterocycles. The fourth-order valence-corrected chi connectivity index (χ4v) is 0.506. The molecule has 0 aliphatic carbocycles. The van der Waals surface area contributed by atoms with Crippen molar-refractivity contribution in [3.05, 3.63) is 0 Å². The molecule has 0 aliphatic rings. The Hall–Kier alpha value is -0.860. The first kappa shape index (κ1) is 13.1. The van der Waals surface area contributed by atoms with E-state index in [0.717, 1.165) is 0 Å². The highest BCUT2D eigenvalue weighted by molar-refractivity contribution is 5.51. The summed E-state index contributed by atoms with van der Waals surface area (Å²) in [5.74, 6) is -5.02. The Bertz CT molecular complexity index is 207. The Morgan fingerprint density at radius 1 is 1.00 bits per heavy atom. The Morgan fingerprint density at radius 3 is 1.64 bits per heavy atom. The van der Waals surface area contributed by atoms with Gasteiger partial charge in [-0.3, -0.25) is 0 Å². The molecular weight excluding hydrogens is 225 g/mol. The average molecular weight is 228 g/mol. The zero-order chi connectivity index (χ0) is 11.6. The smallest absolute Gasteiger partial charge is 0.303 e. The number of alkyl halides is 7. The van der Waals surface area contributed by atoms with Gasteiger partial charge in [0.2, 0.25) is 0 Å². The molecule has 0 aromatic carbocycles. The van der Waals surface area contributed by atoms with Crippen LogP contribution in [0.4, 0.5) is 30.7 Å². The summed E-state index contributed by atoms with van der Waals surface area (Å²) in [4.78, 5) is 9.57. The summed E-state index contributed by atoms with van der Waals surface area (Å²) in [7, 11) is 0. The van der Waals surface area contributed by atoms with Crippen molar-refractivity contribution < 1.29 is 40.3 Å². The van der Waals surface area contributed by atoms with Gasteiger partial charge in [-0.1, -0.05) is 0 Å². The van der Waals surface area contributed by atoms with Gasteiger partial charge in [-0.25, -0.2) is 9.13 Å². The minimum Gasteiger partial charge on any atom is -0.303 e. The first-order chi connectivity index (χ1) is 6.02. The predicted octanol–water partition coefficient (Wildman–Crippen LogP) is 2.34. The van der Waals surface area contributed by atoms with Crippen molar-refractivity contribution in [2.45, 2.75) is 24.8 Å². The summed E-state index contributed by atoms with van der Waals surface area (Å²) in [6, 6.07) is 0. The number of hydrogen-bond donors (Lipinski definition) is 0. The highest BCUT2D eigenvalue weighted by Gasteiger charge is 2.62. The molecule has 0 spiro atoms. The number of halogens is 7. The third kappa shape index (κ3) is 3.48. The lowest BCUT2D eigenvalue weighted by atomic mass is 10.2. The van der Waals surface area contributed by atoms with Gasteiger partial charge in [0.05, 0.1) is 6.42 Å². The fourth-order valence-electron chi connectivity index (χ4n) is 0.506. The van der Waals surface area contributed by atoms with Crippen LogP contribution in [0.2, 0.25) is 0 Å². The lowest BCUT2D eigenvalue weighted by molar-refractivity contribution is -0.446. The third-order valence-corrected chi connectivity index (χ3v) is 1.05. The van der Waals surface area contributed by atoms with E-state index in [1.54, 1.807) is 0 Å². The molecular formula is C5H3F7O2. The number of carbonyl (C=O) groups excluding carboxylic acids is 1. The standard InChI is InChI=1S/C5H3F7O2/c6-3(1-2-13,4(7,8)9)14-5(10,11)12/h2H,1H2. The maximum Gasteiger partial charge on any atom is 0.525 e. The molecule has 0 saturated heterocycles. The van der Waals surface area contributed by atoms with E-state index in [9.17, 15) is 35.5 Å². The fraction of sp³-hybridized carbons (Fsp3) is 0.800. The molecule has 0 amide bonds. The maximum absolute atomic E-state index is 12.5. The van der Waals surface area contributed by atoms with Gasteiger partial charge in [-0.05, 0) is 0 Å². The van der Waals surface area contributed by atoms with Crippen LogP contribution in [0, 0.1) is 0 Å². The lowest BCUT2D eigenvalue weighted by Gasteiger charge is -2.26. The summed E-state index contributed by atoms with van der Waals surface area (Å²) in [6.45, 7) is 0. The Labute approximate surface area is 72.6 Å². The van der Waals surface area contributed by atoms with E-state index in [2.05, 4.69) is 4.74 Å². The zero-order valence-electron chi connectivity index (χ0n) is 6.25. The van der Waals surface area contributed by atoms with Crippen molar-refractivity contribution in [2.75, 3.05) is 0 Å². The maximum atomic E-state index is 12.5. The third-order valence-electron chi connectivity index (χ3n) is 1.05. The number of aldehydes is 1. The van der Waals surface area contributed by atoms with Crippen LogP contribution in [0.15, 0.2) is 0 Å². The van der Waals surface area contributed by atoms with Gasteiger partial charge in [0.25, 0.3) is 0 Å². The number of rotatable bonds is 3. The molecule has 0 radical (unpaired) electrons. The van der Waals surface area contributed by atoms with E-state index < -0.39 is 31.1 Å². The minimum absolute atomic E-state index is 0.654. The van der Waals surface area contributed by atoms with Crippen LogP contribution in [-0.2, 0) is 9.53 Å². The number of hydrogen-bond acceptors (Lipinski definition) is 2. The number of carbonyl (C=O) groups is 1. The zero-order valence-corrected chi connectivity index (χ0v) is 6.25. The molecule has 0 rings (SSSR count). The first-order valence-corrected chi connectivity index (χ1v) is 2.98. The van der Waals surface area contributed by atoms with Crippen molar-refractivity contribution >= 4 is 6.29 Å². The highest BCUT2D eigenvalue weighted by Crippen LogP contribution is 2.41. The summed E-state index contributed by atoms with van der Waals surface area (Å²) in [5.41, 5.74) is 0. The molecule has 0 N–H and O–H groups in total. The molecule has 1 atom stereocenters. The molecule has 2 nitrogen and oxygen atoms in total. The Kier molecular flexibility index (Phi) is 3.49. The largest absolute Gasteiger partial charge is 0.525 e. The van der Waals surface area contributed by atoms with E-state index in [1.165, 1.54) is 0 Å². The van der Waals surface area contributed by atoms with Gasteiger partial charge in [-0.15, -0.1) is 13.2 Å². The van der Waals surface area contributed by atoms with Crippen LogP contribution in [-0.4, -0.2) is 24.7 Å². The van der Waals surface area contributed by atoms with E-state index in [-0.39, 0.29) is 0 Å². The summed E-state index contributed by atoms with van der Waals surface area (Å²) < 4.78 is 83.7. The quantitative estimate of drug-likeness (QED) is 0.547. The Morgan fingerprint density at radius 2 is 1.43 bits per heavy atom. The molecule has 1 unspecified atom stereocenters. The van der Waals surface area contributed by atoms with Crippen LogP contribution in [0.5, 0.6) is 0 Å². The lowest BCUT2D eigenvalue weighted by Crippen LogP contribution is -2.47. The van der Waals surface area contributed by atoms with Crippen molar-refractivity contribution in [3.63, 3.8) is 0 Å². The van der Waals surface area contributed by atoms with Gasteiger partial charge in [0, 0.05) is 0 Å². The molecule has 14 heavy (non-hydrogen) atoms. The van der Waals surface area contributed by atoms with Gasteiger partial charge in [0.15, 0.2) is 0 Å². The van der Waals surface area contributed by atoms with Crippen molar-refractivity contribution in [3.8, 4) is 0 Å². The van der Waals surface area contributed by atoms with E-state index in [0.29, 0.717) is 0 Å². The molecule has 0 bridgehead atoms. The van der Waals surface area contributed by atoms with E-state index in [1.807, 2.05) is 0 Å². The average Bonchev–Trinajstić information content (AvgIpc) is 1.79. The minimum atomic E-state index is -5.93. The summed E-state index contributed by atoms with van der Waals surface area (Å²) in [5, 5.41) is 0. The summed E-state index contributed by atoms with van der Waals surface area (Å²) >= 11 is 0. The Balaban J connectivity index is 4.82. The second-order valence-corrected chi connectivity index (χ2v) is 2.14. The molecule has 9 heteroatoms. The van der Waals surface area contributed by atoms with Gasteiger partial charge < -0.3 is 4.79 Å². The molecule has 0 saturated carbocycles. The van der Waals surface area contributed by atoms with Crippen LogP contribution in [0.25, 0.3) is 0 Å². The number of ether oxygens (including phenoxy) is 1. The molecule has 0 aromatic rings. The van der Waals surface area contributed by atoms with E-state index in [4.69, 9.17) is 0 Å². The van der Waals surface area contributed by atoms with Crippen LogP contribution in [0.1, 0.15) is 6.42 Å². The van der Waals surface area contributed by atoms with Gasteiger partial charge in [-0.2, -0.15) is 13.2 Å². The first-order valence-electron chi connectivity index (χ1n) is 2.98. The van der Waals surface area contributed by atoms with Gasteiger partial charge in [0.1, 0.15) is 6.29 Å². The topological polar surface area (TPSA) is 26.3 Å². The SMILES string of the molecule is O=CCC(F)(OC(F)(F)F)C(F)(F)F. The van der Waals surface area contributed by atoms with Crippen LogP contribution < -0.4 is 0 Å². The van der Waals surface area contributed by atoms with Crippen LogP contribution >= 0.6 is 0 Å². The predicted molar refractivity (Wildman–Crippen MR) is 27.7 cm³/mol. The van der Waals surface area contributed by atoms with Crippen molar-refractivity contribution in [1.82, 2.24) is 0 Å². The second kappa shape index (κ2) is 3.71. The van der Waals surface area contributed by atoms with Gasteiger partial charge >= 0.3 is 18.4 Å². The van der Waals surface area contributed by atoms with E-state index >= 15 is 0 Å². The monoisotopic (exact) mass is 228 g/mol.